The van der Waals surface area contributed by atoms with Crippen LogP contribution in [0.2, 0.25) is 0 Å². The number of aromatic nitrogens is 4. The zero-order valence-corrected chi connectivity index (χ0v) is 9.76. The van der Waals surface area contributed by atoms with Gasteiger partial charge in [0.2, 0.25) is 0 Å². The standard InChI is InChI=1S/C11H14FN5/c1-8(11-16-15-7-17(11)2)14-5-9-3-10(12)6-13-4-9/h3-4,6-8,14H,5H2,1-2H3. The molecule has 0 bridgehead atoms. The van der Waals surface area contributed by atoms with Crippen molar-refractivity contribution in [3.05, 3.63) is 42.0 Å². The van der Waals surface area contributed by atoms with E-state index in [1.807, 2.05) is 18.5 Å². The van der Waals surface area contributed by atoms with Crippen molar-refractivity contribution < 1.29 is 4.39 Å². The highest BCUT2D eigenvalue weighted by atomic mass is 19.1. The monoisotopic (exact) mass is 235 g/mol. The van der Waals surface area contributed by atoms with E-state index in [1.165, 1.54) is 12.3 Å². The molecular formula is C11H14FN5. The molecule has 2 heterocycles. The van der Waals surface area contributed by atoms with Gasteiger partial charge in [-0.2, -0.15) is 0 Å². The zero-order valence-electron chi connectivity index (χ0n) is 9.76. The molecule has 0 aromatic carbocycles. The zero-order chi connectivity index (χ0) is 12.3. The Kier molecular flexibility index (Phi) is 3.43. The SMILES string of the molecule is CC(NCc1cncc(F)c1)c1nncn1C. The summed E-state index contributed by atoms with van der Waals surface area (Å²) in [5.74, 6) is 0.518. The van der Waals surface area contributed by atoms with Gasteiger partial charge >= 0.3 is 0 Å². The van der Waals surface area contributed by atoms with Crippen LogP contribution in [0.1, 0.15) is 24.4 Å². The highest BCUT2D eigenvalue weighted by Gasteiger charge is 2.10. The number of aryl methyl sites for hydroxylation is 1. The number of halogens is 1. The molecule has 1 N–H and O–H groups in total. The molecular weight excluding hydrogens is 221 g/mol. The Labute approximate surface area is 98.7 Å². The fraction of sp³-hybridized carbons (Fsp3) is 0.364. The Morgan fingerprint density at radius 3 is 2.94 bits per heavy atom. The van der Waals surface area contributed by atoms with Crippen molar-refractivity contribution in [3.63, 3.8) is 0 Å². The number of nitrogens with zero attached hydrogens (tertiary/aromatic N) is 4. The molecule has 6 heteroatoms. The van der Waals surface area contributed by atoms with E-state index in [1.54, 1.807) is 12.5 Å². The third-order valence-corrected chi connectivity index (χ3v) is 2.51. The largest absolute Gasteiger partial charge is 0.319 e. The fourth-order valence-corrected chi connectivity index (χ4v) is 1.60. The second-order valence-electron chi connectivity index (χ2n) is 3.91. The molecule has 0 fully saturated rings. The molecule has 2 aromatic rings. The van der Waals surface area contributed by atoms with E-state index in [2.05, 4.69) is 20.5 Å². The average Bonchev–Trinajstić information content (AvgIpc) is 2.72. The summed E-state index contributed by atoms with van der Waals surface area (Å²) in [5, 5.41) is 11.1. The summed E-state index contributed by atoms with van der Waals surface area (Å²) in [7, 11) is 1.89. The van der Waals surface area contributed by atoms with E-state index < -0.39 is 0 Å². The van der Waals surface area contributed by atoms with Gasteiger partial charge in [0.25, 0.3) is 0 Å². The molecule has 17 heavy (non-hydrogen) atoms. The second kappa shape index (κ2) is 5.01. The average molecular weight is 235 g/mol. The first-order chi connectivity index (χ1) is 8.16. The minimum atomic E-state index is -0.324. The smallest absolute Gasteiger partial charge is 0.149 e. The van der Waals surface area contributed by atoms with Gasteiger partial charge in [-0.3, -0.25) is 4.98 Å². The third-order valence-electron chi connectivity index (χ3n) is 2.51. The lowest BCUT2D eigenvalue weighted by molar-refractivity contribution is 0.525. The van der Waals surface area contributed by atoms with Crippen molar-refractivity contribution >= 4 is 0 Å². The van der Waals surface area contributed by atoms with Crippen molar-refractivity contribution in [2.75, 3.05) is 0 Å². The van der Waals surface area contributed by atoms with Crippen molar-refractivity contribution in [1.29, 1.82) is 0 Å². The minimum Gasteiger partial charge on any atom is -0.319 e. The van der Waals surface area contributed by atoms with Gasteiger partial charge in [-0.25, -0.2) is 4.39 Å². The van der Waals surface area contributed by atoms with Crippen LogP contribution >= 0.6 is 0 Å². The van der Waals surface area contributed by atoms with E-state index in [4.69, 9.17) is 0 Å². The van der Waals surface area contributed by atoms with Crippen molar-refractivity contribution in [2.24, 2.45) is 7.05 Å². The molecule has 0 aliphatic rings. The van der Waals surface area contributed by atoms with Crippen LogP contribution in [0.4, 0.5) is 4.39 Å². The number of rotatable bonds is 4. The molecule has 90 valence electrons. The first-order valence-corrected chi connectivity index (χ1v) is 5.33. The van der Waals surface area contributed by atoms with Gasteiger partial charge in [0.05, 0.1) is 12.2 Å². The van der Waals surface area contributed by atoms with Gasteiger partial charge in [0.1, 0.15) is 18.0 Å². The Hall–Kier alpha value is -1.82. The van der Waals surface area contributed by atoms with Gasteiger partial charge in [-0.05, 0) is 18.6 Å². The summed E-state index contributed by atoms with van der Waals surface area (Å²) in [6.45, 7) is 2.52. The molecule has 0 radical (unpaired) electrons. The summed E-state index contributed by atoms with van der Waals surface area (Å²) >= 11 is 0. The lowest BCUT2D eigenvalue weighted by atomic mass is 10.2. The van der Waals surface area contributed by atoms with Gasteiger partial charge < -0.3 is 9.88 Å². The van der Waals surface area contributed by atoms with Crippen LogP contribution in [-0.4, -0.2) is 19.7 Å². The van der Waals surface area contributed by atoms with Gasteiger partial charge in [-0.1, -0.05) is 0 Å². The summed E-state index contributed by atoms with van der Waals surface area (Å²) in [4.78, 5) is 3.79. The second-order valence-corrected chi connectivity index (χ2v) is 3.91. The van der Waals surface area contributed by atoms with Crippen LogP contribution in [0.5, 0.6) is 0 Å². The molecule has 1 unspecified atom stereocenters. The third kappa shape index (κ3) is 2.85. The number of hydrogen-bond donors (Lipinski definition) is 1. The van der Waals surface area contributed by atoms with Gasteiger partial charge in [-0.15, -0.1) is 10.2 Å². The van der Waals surface area contributed by atoms with Crippen molar-refractivity contribution in [1.82, 2.24) is 25.1 Å². The minimum absolute atomic E-state index is 0.0470. The predicted octanol–water partition coefficient (Wildman–Crippen LogP) is 1.20. The summed E-state index contributed by atoms with van der Waals surface area (Å²) in [6.07, 6.45) is 4.48. The number of pyridine rings is 1. The summed E-state index contributed by atoms with van der Waals surface area (Å²) in [5.41, 5.74) is 0.805. The Bertz CT molecular complexity index is 496. The maximum absolute atomic E-state index is 12.9. The van der Waals surface area contributed by atoms with Crippen LogP contribution in [0.3, 0.4) is 0 Å². The van der Waals surface area contributed by atoms with Crippen LogP contribution in [0.25, 0.3) is 0 Å². The highest BCUT2D eigenvalue weighted by Crippen LogP contribution is 2.09. The van der Waals surface area contributed by atoms with Gasteiger partial charge in [0.15, 0.2) is 0 Å². The maximum Gasteiger partial charge on any atom is 0.149 e. The maximum atomic E-state index is 12.9. The Morgan fingerprint density at radius 1 is 1.47 bits per heavy atom. The predicted molar refractivity (Wildman–Crippen MR) is 60.5 cm³/mol. The first-order valence-electron chi connectivity index (χ1n) is 5.33. The Balaban J connectivity index is 1.97. The lowest BCUT2D eigenvalue weighted by Gasteiger charge is -2.12. The fourth-order valence-electron chi connectivity index (χ4n) is 1.60. The summed E-state index contributed by atoms with van der Waals surface area (Å²) < 4.78 is 14.8. The molecule has 0 aliphatic heterocycles. The summed E-state index contributed by atoms with van der Waals surface area (Å²) in [6, 6.07) is 1.51. The van der Waals surface area contributed by atoms with E-state index in [9.17, 15) is 4.39 Å². The first kappa shape index (κ1) is 11.7. The lowest BCUT2D eigenvalue weighted by Crippen LogP contribution is -2.21. The molecule has 0 aliphatic carbocycles. The molecule has 0 spiro atoms. The van der Waals surface area contributed by atoms with E-state index in [-0.39, 0.29) is 11.9 Å². The quantitative estimate of drug-likeness (QED) is 0.865. The number of nitrogens with one attached hydrogen (secondary N) is 1. The molecule has 0 amide bonds. The molecule has 0 saturated carbocycles. The van der Waals surface area contributed by atoms with Crippen LogP contribution in [-0.2, 0) is 13.6 Å². The molecule has 5 nitrogen and oxygen atoms in total. The van der Waals surface area contributed by atoms with Crippen LogP contribution in [0, 0.1) is 5.82 Å². The molecule has 1 atom stereocenters. The van der Waals surface area contributed by atoms with Crippen LogP contribution in [0.15, 0.2) is 24.8 Å². The van der Waals surface area contributed by atoms with E-state index in [0.29, 0.717) is 6.54 Å². The van der Waals surface area contributed by atoms with Crippen LogP contribution < -0.4 is 5.32 Å². The highest BCUT2D eigenvalue weighted by molar-refractivity contribution is 5.10. The van der Waals surface area contributed by atoms with E-state index >= 15 is 0 Å². The van der Waals surface area contributed by atoms with Crippen molar-refractivity contribution in [3.8, 4) is 0 Å². The molecule has 2 aromatic heterocycles. The molecule has 2 rings (SSSR count). The Morgan fingerprint density at radius 2 is 2.29 bits per heavy atom. The molecule has 0 saturated heterocycles. The number of hydrogen-bond acceptors (Lipinski definition) is 4. The normalized spacial score (nSPS) is 12.6. The van der Waals surface area contributed by atoms with Crippen molar-refractivity contribution in [2.45, 2.75) is 19.5 Å². The van der Waals surface area contributed by atoms with Gasteiger partial charge in [0, 0.05) is 19.8 Å². The van der Waals surface area contributed by atoms with E-state index in [0.717, 1.165) is 11.4 Å². The topological polar surface area (TPSA) is 55.6 Å².